The zero-order valence-electron chi connectivity index (χ0n) is 17.2. The van der Waals surface area contributed by atoms with E-state index in [1.54, 1.807) is 42.2 Å². The second-order valence-electron chi connectivity index (χ2n) is 6.91. The van der Waals surface area contributed by atoms with E-state index in [-0.39, 0.29) is 6.54 Å². The molecule has 0 fully saturated rings. The Morgan fingerprint density at radius 3 is 2.72 bits per heavy atom. The molecule has 32 heavy (non-hydrogen) atoms. The van der Waals surface area contributed by atoms with Gasteiger partial charge in [-0.1, -0.05) is 12.1 Å². The van der Waals surface area contributed by atoms with Crippen LogP contribution in [0.5, 0.6) is 5.75 Å². The van der Waals surface area contributed by atoms with E-state index in [1.165, 1.54) is 18.2 Å². The Morgan fingerprint density at radius 1 is 1.09 bits per heavy atom. The predicted molar refractivity (Wildman–Crippen MR) is 116 cm³/mol. The Bertz CT molecular complexity index is 1310. The van der Waals surface area contributed by atoms with Gasteiger partial charge >= 0.3 is 0 Å². The Morgan fingerprint density at radius 2 is 1.94 bits per heavy atom. The van der Waals surface area contributed by atoms with Gasteiger partial charge < -0.3 is 9.47 Å². The van der Waals surface area contributed by atoms with Crippen molar-refractivity contribution in [2.75, 3.05) is 20.3 Å². The molecule has 2 heterocycles. The van der Waals surface area contributed by atoms with Crippen molar-refractivity contribution in [1.82, 2.24) is 19.3 Å². The third kappa shape index (κ3) is 4.93. The number of rotatable bonds is 9. The molecular formula is C22H21FN4O4S. The van der Waals surface area contributed by atoms with Crippen LogP contribution in [-0.2, 0) is 21.3 Å². The second kappa shape index (κ2) is 9.43. The Kier molecular flexibility index (Phi) is 6.45. The standard InChI is InChI=1S/C22H21FN4O4S/c1-30-9-10-31-18-12-16(14-25-32(28,29)21-6-3-2-5-19(21)23)11-17(13-18)20-15-27-22(26-20)7-4-8-24-27/h2-8,11-13,15,25H,9-10,14H2,1H3. The lowest BCUT2D eigenvalue weighted by molar-refractivity contribution is 0.146. The van der Waals surface area contributed by atoms with Gasteiger partial charge in [0, 0.05) is 25.4 Å². The number of nitrogens with zero attached hydrogens (tertiary/aromatic N) is 3. The van der Waals surface area contributed by atoms with Crippen LogP contribution < -0.4 is 9.46 Å². The predicted octanol–water partition coefficient (Wildman–Crippen LogP) is 3.04. The summed E-state index contributed by atoms with van der Waals surface area (Å²) in [7, 11) is -2.46. The van der Waals surface area contributed by atoms with Crippen molar-refractivity contribution in [3.8, 4) is 17.0 Å². The molecule has 0 unspecified atom stereocenters. The first-order chi connectivity index (χ1) is 15.5. The van der Waals surface area contributed by atoms with E-state index in [0.717, 1.165) is 11.6 Å². The number of fused-ring (bicyclic) bond motifs is 1. The van der Waals surface area contributed by atoms with E-state index >= 15 is 0 Å². The molecule has 166 valence electrons. The van der Waals surface area contributed by atoms with Gasteiger partial charge in [-0.25, -0.2) is 27.0 Å². The van der Waals surface area contributed by atoms with E-state index < -0.39 is 20.7 Å². The van der Waals surface area contributed by atoms with Gasteiger partial charge in [0.1, 0.15) is 23.1 Å². The molecule has 10 heteroatoms. The maximum Gasteiger partial charge on any atom is 0.243 e. The van der Waals surface area contributed by atoms with Gasteiger partial charge in [-0.15, -0.1) is 0 Å². The van der Waals surface area contributed by atoms with Crippen LogP contribution in [-0.4, -0.2) is 43.3 Å². The highest BCUT2D eigenvalue weighted by molar-refractivity contribution is 7.89. The summed E-state index contributed by atoms with van der Waals surface area (Å²) in [5.74, 6) is -0.279. The number of halogens is 1. The number of sulfonamides is 1. The van der Waals surface area contributed by atoms with E-state index in [4.69, 9.17) is 9.47 Å². The van der Waals surface area contributed by atoms with Gasteiger partial charge in [-0.05, 0) is 48.0 Å². The number of hydrogen-bond acceptors (Lipinski definition) is 6. The van der Waals surface area contributed by atoms with Crippen LogP contribution >= 0.6 is 0 Å². The zero-order valence-corrected chi connectivity index (χ0v) is 18.0. The maximum absolute atomic E-state index is 14.0. The average Bonchev–Trinajstić information content (AvgIpc) is 3.23. The Hall–Kier alpha value is -3.34. The van der Waals surface area contributed by atoms with Gasteiger partial charge in [0.25, 0.3) is 0 Å². The van der Waals surface area contributed by atoms with Gasteiger partial charge in [-0.3, -0.25) is 0 Å². The first kappa shape index (κ1) is 21.9. The number of hydrogen-bond donors (Lipinski definition) is 1. The van der Waals surface area contributed by atoms with Crippen LogP contribution in [0.1, 0.15) is 5.56 Å². The largest absolute Gasteiger partial charge is 0.491 e. The van der Waals surface area contributed by atoms with E-state index in [9.17, 15) is 12.8 Å². The van der Waals surface area contributed by atoms with Crippen molar-refractivity contribution >= 4 is 15.7 Å². The molecule has 0 aliphatic rings. The summed E-state index contributed by atoms with van der Waals surface area (Å²) < 4.78 is 54.0. The number of imidazole rings is 1. The number of ether oxygens (including phenoxy) is 2. The van der Waals surface area contributed by atoms with Crippen LogP contribution in [0.25, 0.3) is 16.9 Å². The topological polar surface area (TPSA) is 94.8 Å². The van der Waals surface area contributed by atoms with E-state index in [0.29, 0.717) is 35.9 Å². The minimum Gasteiger partial charge on any atom is -0.491 e. The van der Waals surface area contributed by atoms with Crippen LogP contribution in [0, 0.1) is 5.82 Å². The molecule has 0 aliphatic carbocycles. The first-order valence-corrected chi connectivity index (χ1v) is 11.3. The molecule has 0 saturated heterocycles. The monoisotopic (exact) mass is 456 g/mol. The summed E-state index contributed by atoms with van der Waals surface area (Å²) in [5, 5.41) is 4.22. The molecule has 0 aliphatic heterocycles. The summed E-state index contributed by atoms with van der Waals surface area (Å²) >= 11 is 0. The third-order valence-electron chi connectivity index (χ3n) is 4.65. The molecular weight excluding hydrogens is 435 g/mol. The minimum absolute atomic E-state index is 0.0588. The fraction of sp³-hybridized carbons (Fsp3) is 0.182. The zero-order chi connectivity index (χ0) is 22.6. The minimum atomic E-state index is -4.04. The molecule has 1 N–H and O–H groups in total. The van der Waals surface area contributed by atoms with Crippen LogP contribution in [0.2, 0.25) is 0 Å². The number of aromatic nitrogens is 3. The molecule has 2 aromatic heterocycles. The first-order valence-electron chi connectivity index (χ1n) is 9.77. The molecule has 0 amide bonds. The van der Waals surface area contributed by atoms with Crippen LogP contribution in [0.3, 0.4) is 0 Å². The molecule has 0 saturated carbocycles. The highest BCUT2D eigenvalue weighted by Gasteiger charge is 2.18. The van der Waals surface area contributed by atoms with Gasteiger partial charge in [0.15, 0.2) is 5.65 Å². The lowest BCUT2D eigenvalue weighted by atomic mass is 10.1. The SMILES string of the molecule is COCCOc1cc(CNS(=O)(=O)c2ccccc2F)cc(-c2cn3ncccc3n2)c1. The molecule has 0 bridgehead atoms. The summed E-state index contributed by atoms with van der Waals surface area (Å²) in [6.45, 7) is 0.668. The number of nitrogens with one attached hydrogen (secondary N) is 1. The number of benzene rings is 2. The highest BCUT2D eigenvalue weighted by Crippen LogP contribution is 2.26. The Labute approximate surface area is 184 Å². The fourth-order valence-corrected chi connectivity index (χ4v) is 4.22. The summed E-state index contributed by atoms with van der Waals surface area (Å²) in [6, 6.07) is 14.2. The van der Waals surface area contributed by atoms with Crippen LogP contribution in [0.4, 0.5) is 4.39 Å². The van der Waals surface area contributed by atoms with E-state index in [1.807, 2.05) is 12.1 Å². The van der Waals surface area contributed by atoms with Crippen molar-refractivity contribution in [3.63, 3.8) is 0 Å². The average molecular weight is 456 g/mol. The summed E-state index contributed by atoms with van der Waals surface area (Å²) in [5.41, 5.74) is 2.68. The Balaban J connectivity index is 1.64. The summed E-state index contributed by atoms with van der Waals surface area (Å²) in [6.07, 6.45) is 3.43. The van der Waals surface area contributed by atoms with Crippen molar-refractivity contribution < 1.29 is 22.3 Å². The van der Waals surface area contributed by atoms with E-state index in [2.05, 4.69) is 14.8 Å². The third-order valence-corrected chi connectivity index (χ3v) is 6.08. The molecule has 0 atom stereocenters. The molecule has 0 radical (unpaired) electrons. The molecule has 4 aromatic rings. The molecule has 8 nitrogen and oxygen atoms in total. The highest BCUT2D eigenvalue weighted by atomic mass is 32.2. The molecule has 0 spiro atoms. The maximum atomic E-state index is 14.0. The normalized spacial score (nSPS) is 11.7. The van der Waals surface area contributed by atoms with Crippen molar-refractivity contribution in [2.45, 2.75) is 11.4 Å². The second-order valence-corrected chi connectivity index (χ2v) is 8.65. The molecule has 4 rings (SSSR count). The lowest BCUT2D eigenvalue weighted by Gasteiger charge is -2.12. The summed E-state index contributed by atoms with van der Waals surface area (Å²) in [4.78, 5) is 4.16. The quantitative estimate of drug-likeness (QED) is 0.389. The number of methoxy groups -OCH3 is 1. The van der Waals surface area contributed by atoms with Crippen LogP contribution in [0.15, 0.2) is 71.9 Å². The fourth-order valence-electron chi connectivity index (χ4n) is 3.13. The smallest absolute Gasteiger partial charge is 0.243 e. The molecule has 2 aromatic carbocycles. The van der Waals surface area contributed by atoms with Crippen molar-refractivity contribution in [3.05, 3.63) is 78.4 Å². The van der Waals surface area contributed by atoms with Crippen molar-refractivity contribution in [1.29, 1.82) is 0 Å². The van der Waals surface area contributed by atoms with Gasteiger partial charge in [0.05, 0.1) is 18.5 Å². The van der Waals surface area contributed by atoms with Gasteiger partial charge in [0.2, 0.25) is 10.0 Å². The lowest BCUT2D eigenvalue weighted by Crippen LogP contribution is -2.24. The van der Waals surface area contributed by atoms with Gasteiger partial charge in [-0.2, -0.15) is 5.10 Å². The van der Waals surface area contributed by atoms with Crippen molar-refractivity contribution in [2.24, 2.45) is 0 Å².